The normalized spacial score (nSPS) is 16.1. The Hall–Kier alpha value is -6.90. The van der Waals surface area contributed by atoms with Crippen LogP contribution in [0, 0.1) is 74.0 Å². The maximum atomic E-state index is 13.7. The van der Waals surface area contributed by atoms with Crippen LogP contribution in [0.3, 0.4) is 0 Å². The zero-order valence-corrected chi connectivity index (χ0v) is 74.7. The van der Waals surface area contributed by atoms with E-state index >= 15 is 0 Å². The molecule has 131 heavy (non-hydrogen) atoms. The molecule has 1 aliphatic carbocycles. The Morgan fingerprint density at radius 2 is 0.618 bits per heavy atom. The molecule has 1 saturated carbocycles. The van der Waals surface area contributed by atoms with E-state index in [1.807, 2.05) is 0 Å². The van der Waals surface area contributed by atoms with Crippen LogP contribution in [0.15, 0.2) is 72.8 Å². The fraction of sp³-hybridized carbons (Fsp3) is 0.702. The fourth-order valence-corrected chi connectivity index (χ4v) is 13.9. The van der Waals surface area contributed by atoms with Crippen molar-refractivity contribution in [3.63, 3.8) is 0 Å². The topological polar surface area (TPSA) is 107 Å². The standard InChI is InChI=1S/C16H20F6O2.C15H14F7NO.C15H17F7O2.C14H17F5O.C12H18F6O2.C12H18F6O/c1-10-6-7-11(12(8-10)23-5)9-24-14(13(2,3)4,15(17,18)19)16(20,21)22;1-12(2,3)13(14(17,18)19,15(20,21)22)24-8-10-9(7-23)5-4-6-11(10)16;1-12(2,3)13(14(17,18)19,15(20,21)22)24-8-9-7-10(16)5-6-11(9)23-4;1-12(2,3)13(4,14(17,18)19)20-8-9-10(15)6-5-7-11(9)16;1-9(2,3)10(11(13,14)15,12(16,17)18)20-8-4-6-19-7-5-8;1-9(2,3)10(11(13,14)15,12(16,17)18)19-8-6-4-5-7-8/h6-8H,9H2,1-5H3;4-6H,8H2,1-3H3;5-7H,8H2,1-4H3;5-7H,8H2,1-4H3;8H,4-7H2,1-3H3;8H,4-7H2,1-3H3. The second-order valence-corrected chi connectivity index (χ2v) is 36.4. The quantitative estimate of drug-likeness (QED) is 0.0894. The molecule has 0 bridgehead atoms. The molecule has 47 heteroatoms. The second kappa shape index (κ2) is 42.8. The first-order valence-electron chi connectivity index (χ1n) is 38.9. The minimum absolute atomic E-state index is 0.0178. The van der Waals surface area contributed by atoms with Gasteiger partial charge in [0.05, 0.1) is 64.5 Å². The van der Waals surface area contributed by atoms with E-state index in [9.17, 15) is 162 Å². The molecule has 0 radical (unpaired) electrons. The van der Waals surface area contributed by atoms with E-state index in [0.717, 1.165) is 178 Å². The summed E-state index contributed by atoms with van der Waals surface area (Å²) in [6.45, 7) is 15.1. The van der Waals surface area contributed by atoms with Gasteiger partial charge >= 0.3 is 67.9 Å². The van der Waals surface area contributed by atoms with Gasteiger partial charge in [-0.3, -0.25) is 0 Å². The Balaban J connectivity index is 0.000000788. The Labute approximate surface area is 732 Å². The van der Waals surface area contributed by atoms with Crippen LogP contribution < -0.4 is 9.47 Å². The Bertz CT molecular complexity index is 4040. The molecule has 2 aliphatic rings. The Morgan fingerprint density at radius 1 is 0.321 bits per heavy atom. The number of benzene rings is 4. The number of methoxy groups -OCH3 is 2. The number of rotatable bonds is 18. The summed E-state index contributed by atoms with van der Waals surface area (Å²) in [5.74, 6) is -3.73. The summed E-state index contributed by atoms with van der Waals surface area (Å²) in [5.41, 5.74) is -37.7. The fourth-order valence-electron chi connectivity index (χ4n) is 13.9. The summed E-state index contributed by atoms with van der Waals surface area (Å²) in [7, 11) is 2.43. The number of alkyl halides is 33. The van der Waals surface area contributed by atoms with E-state index in [1.165, 1.54) is 46.1 Å². The lowest BCUT2D eigenvalue weighted by Crippen LogP contribution is -2.67. The van der Waals surface area contributed by atoms with E-state index in [-0.39, 0.29) is 61.5 Å². The highest BCUT2D eigenvalue weighted by Gasteiger charge is 2.82. The monoisotopic (exact) mass is 1970 g/mol. The number of hydrogen-bond acceptors (Lipinski definition) is 10. The van der Waals surface area contributed by atoms with Crippen LogP contribution in [0.5, 0.6) is 11.5 Å². The van der Waals surface area contributed by atoms with Crippen LogP contribution in [-0.2, 0) is 59.6 Å². The molecule has 4 aromatic rings. The van der Waals surface area contributed by atoms with Crippen molar-refractivity contribution in [3.05, 3.63) is 129 Å². The van der Waals surface area contributed by atoms with E-state index in [4.69, 9.17) is 24.2 Å². The molecule has 0 amide bonds. The average Bonchev–Trinajstić information content (AvgIpc) is 1.37. The molecular weight excluding hydrogens is 1870 g/mol. The van der Waals surface area contributed by atoms with Crippen LogP contribution in [-0.4, -0.2) is 141 Å². The van der Waals surface area contributed by atoms with Gasteiger partial charge < -0.3 is 42.6 Å². The van der Waals surface area contributed by atoms with Gasteiger partial charge in [-0.25, -0.2) is 17.6 Å². The van der Waals surface area contributed by atoms with Gasteiger partial charge in [-0.1, -0.05) is 162 Å². The number of nitriles is 1. The molecule has 10 nitrogen and oxygen atoms in total. The van der Waals surface area contributed by atoms with Gasteiger partial charge in [0.1, 0.15) is 34.8 Å². The molecular formula is C84H104F37NO9. The highest BCUT2D eigenvalue weighted by molar-refractivity contribution is 5.39. The molecule has 758 valence electrons. The molecule has 0 spiro atoms. The van der Waals surface area contributed by atoms with E-state index < -0.39 is 213 Å². The van der Waals surface area contributed by atoms with Gasteiger partial charge in [0.2, 0.25) is 0 Å². The predicted molar refractivity (Wildman–Crippen MR) is 401 cm³/mol. The minimum Gasteiger partial charge on any atom is -0.496 e. The number of ether oxygens (including phenoxy) is 9. The van der Waals surface area contributed by atoms with E-state index in [0.29, 0.717) is 12.8 Å². The molecule has 1 unspecified atom stereocenters. The number of aryl methyl sites for hydroxylation is 1. The summed E-state index contributed by atoms with van der Waals surface area (Å²) in [6.07, 6.45) is -61.5. The first-order valence-corrected chi connectivity index (χ1v) is 38.9. The third-order valence-electron chi connectivity index (χ3n) is 21.2. The highest BCUT2D eigenvalue weighted by Crippen LogP contribution is 2.62. The predicted octanol–water partition coefficient (Wildman–Crippen LogP) is 29.6. The van der Waals surface area contributed by atoms with Crippen molar-refractivity contribution >= 4 is 0 Å². The van der Waals surface area contributed by atoms with Gasteiger partial charge in [0, 0.05) is 62.5 Å². The van der Waals surface area contributed by atoms with Gasteiger partial charge in [0.25, 0.3) is 28.0 Å². The molecule has 1 saturated heterocycles. The lowest BCUT2D eigenvalue weighted by atomic mass is 9.74. The molecule has 6 rings (SSSR count). The molecule has 1 heterocycles. The largest absolute Gasteiger partial charge is 0.496 e. The van der Waals surface area contributed by atoms with Crippen molar-refractivity contribution < 1.29 is 205 Å². The number of hydrogen-bond donors (Lipinski definition) is 0. The van der Waals surface area contributed by atoms with Gasteiger partial charge in [-0.05, 0) is 99.0 Å². The van der Waals surface area contributed by atoms with E-state index in [1.54, 1.807) is 13.0 Å². The zero-order valence-electron chi connectivity index (χ0n) is 74.7. The van der Waals surface area contributed by atoms with Crippen LogP contribution in [0.1, 0.15) is 203 Å². The lowest BCUT2D eigenvalue weighted by molar-refractivity contribution is -0.421. The second-order valence-electron chi connectivity index (χ2n) is 36.4. The summed E-state index contributed by atoms with van der Waals surface area (Å²) < 4.78 is 535. The van der Waals surface area contributed by atoms with Crippen LogP contribution in [0.4, 0.5) is 162 Å². The third kappa shape index (κ3) is 27.7. The van der Waals surface area contributed by atoms with Crippen LogP contribution in [0.25, 0.3) is 0 Å². The van der Waals surface area contributed by atoms with Gasteiger partial charge in [0.15, 0.2) is 5.60 Å². The molecule has 1 atom stereocenters. The minimum atomic E-state index is -5.80. The van der Waals surface area contributed by atoms with Gasteiger partial charge in [-0.15, -0.1) is 0 Å². The summed E-state index contributed by atoms with van der Waals surface area (Å²) in [4.78, 5) is 0. The van der Waals surface area contributed by atoms with Crippen LogP contribution >= 0.6 is 0 Å². The van der Waals surface area contributed by atoms with Crippen molar-refractivity contribution in [1.29, 1.82) is 5.26 Å². The maximum Gasteiger partial charge on any atom is 0.427 e. The summed E-state index contributed by atoms with van der Waals surface area (Å²) in [6, 6.07) is 14.9. The zero-order chi connectivity index (χ0) is 104. The van der Waals surface area contributed by atoms with Crippen molar-refractivity contribution in [2.45, 2.75) is 317 Å². The van der Waals surface area contributed by atoms with Crippen molar-refractivity contribution in [2.75, 3.05) is 27.4 Å². The van der Waals surface area contributed by atoms with Crippen molar-refractivity contribution in [3.8, 4) is 17.6 Å². The number of halogens is 37. The van der Waals surface area contributed by atoms with Gasteiger partial charge in [-0.2, -0.15) is 150 Å². The Morgan fingerprint density at radius 3 is 0.916 bits per heavy atom. The molecule has 4 aromatic carbocycles. The first kappa shape index (κ1) is 122. The lowest BCUT2D eigenvalue weighted by Gasteiger charge is -2.48. The van der Waals surface area contributed by atoms with E-state index in [2.05, 4.69) is 23.7 Å². The van der Waals surface area contributed by atoms with Crippen molar-refractivity contribution in [1.82, 2.24) is 0 Å². The van der Waals surface area contributed by atoms with Crippen molar-refractivity contribution in [2.24, 2.45) is 32.5 Å². The summed E-state index contributed by atoms with van der Waals surface area (Å²) >= 11 is 0. The summed E-state index contributed by atoms with van der Waals surface area (Å²) in [5, 5.41) is 8.84. The molecule has 0 N–H and O–H groups in total. The third-order valence-corrected chi connectivity index (χ3v) is 21.2. The molecule has 1 aliphatic heterocycles. The maximum absolute atomic E-state index is 13.7. The first-order chi connectivity index (χ1) is 58.1. The van der Waals surface area contributed by atoms with Crippen LogP contribution in [0.2, 0.25) is 0 Å². The highest BCUT2D eigenvalue weighted by atomic mass is 19.5. The SMILES string of the molecule is CC(C)(C)C(C)(OCc1c(F)cccc1F)C(F)(F)F.CC(C)(C)C(OC1CCCC1)(C(F)(F)F)C(F)(F)F.CC(C)(C)C(OC1CCOCC1)(C(F)(F)F)C(F)(F)F.CC(C)(C)C(OCc1c(F)cccc1C#N)(C(F)(F)F)C(F)(F)F.COc1cc(C)ccc1COC(C(C)(C)C)(C(F)(F)F)C(F)(F)F.COc1ccc(F)cc1COC(C(C)(C)C)(C(F)(F)F)C(F)(F)F. The number of nitrogens with zero attached hydrogens (tertiary/aromatic N) is 1. The average molecular weight is 1970 g/mol. The molecule has 2 fully saturated rings. The molecule has 0 aromatic heterocycles. The smallest absolute Gasteiger partial charge is 0.427 e. The Kier molecular flexibility index (Phi) is 39.9.